The van der Waals surface area contributed by atoms with Crippen LogP contribution in [0.3, 0.4) is 0 Å². The Morgan fingerprint density at radius 3 is 2.36 bits per heavy atom. The van der Waals surface area contributed by atoms with E-state index in [1.54, 1.807) is 6.92 Å². The Morgan fingerprint density at radius 1 is 1.36 bits per heavy atom. The largest absolute Gasteiger partial charge is 0.270 e. The topological polar surface area (TPSA) is 77.3 Å². The smallest absolute Gasteiger partial charge is 0.258 e. The first kappa shape index (κ1) is 10.6. The third-order valence-corrected chi connectivity index (χ3v) is 3.02. The van der Waals surface area contributed by atoms with Crippen LogP contribution < -0.4 is 0 Å². The Kier molecular flexibility index (Phi) is 2.57. The highest BCUT2D eigenvalue weighted by molar-refractivity contribution is 7.90. The third kappa shape index (κ3) is 2.08. The maximum absolute atomic E-state index is 11.2. The minimum absolute atomic E-state index is 0.00620. The van der Waals surface area contributed by atoms with Crippen molar-refractivity contribution in [1.82, 2.24) is 0 Å². The molecule has 0 atom stereocenters. The summed E-state index contributed by atoms with van der Waals surface area (Å²) in [5, 5.41) is 10.4. The SMILES string of the molecule is Cc1ccc([N+](=O)[O-])cc1S(C)(=O)=O. The van der Waals surface area contributed by atoms with Crippen LogP contribution >= 0.6 is 0 Å². The highest BCUT2D eigenvalue weighted by Crippen LogP contribution is 2.21. The van der Waals surface area contributed by atoms with Gasteiger partial charge in [-0.1, -0.05) is 6.07 Å². The van der Waals surface area contributed by atoms with E-state index >= 15 is 0 Å². The van der Waals surface area contributed by atoms with Crippen molar-refractivity contribution in [2.24, 2.45) is 0 Å². The lowest BCUT2D eigenvalue weighted by atomic mass is 10.2. The van der Waals surface area contributed by atoms with E-state index in [9.17, 15) is 18.5 Å². The van der Waals surface area contributed by atoms with Crippen molar-refractivity contribution in [2.45, 2.75) is 11.8 Å². The Labute approximate surface area is 81.4 Å². The maximum atomic E-state index is 11.2. The van der Waals surface area contributed by atoms with E-state index in [1.165, 1.54) is 12.1 Å². The van der Waals surface area contributed by atoms with Crippen LogP contribution in [0.5, 0.6) is 0 Å². The van der Waals surface area contributed by atoms with E-state index in [4.69, 9.17) is 0 Å². The lowest BCUT2D eigenvalue weighted by Gasteiger charge is -2.02. The van der Waals surface area contributed by atoms with Gasteiger partial charge in [0.05, 0.1) is 9.82 Å². The Balaban J connectivity index is 3.44. The first-order valence-electron chi connectivity index (χ1n) is 3.77. The Hall–Kier alpha value is -1.43. The van der Waals surface area contributed by atoms with Gasteiger partial charge >= 0.3 is 0 Å². The van der Waals surface area contributed by atoms with Crippen LogP contribution in [0.4, 0.5) is 5.69 Å². The molecule has 0 aliphatic carbocycles. The van der Waals surface area contributed by atoms with Gasteiger partial charge in [0.25, 0.3) is 5.69 Å². The van der Waals surface area contributed by atoms with Gasteiger partial charge in [0.2, 0.25) is 0 Å². The van der Waals surface area contributed by atoms with Crippen molar-refractivity contribution in [1.29, 1.82) is 0 Å². The summed E-state index contributed by atoms with van der Waals surface area (Å²) in [7, 11) is -3.39. The van der Waals surface area contributed by atoms with Crippen LogP contribution in [-0.4, -0.2) is 19.6 Å². The number of hydrogen-bond donors (Lipinski definition) is 0. The Bertz CT molecular complexity index is 478. The number of non-ortho nitro benzene ring substituents is 1. The summed E-state index contributed by atoms with van der Waals surface area (Å²) in [4.78, 5) is 9.79. The zero-order valence-corrected chi connectivity index (χ0v) is 8.54. The number of benzene rings is 1. The van der Waals surface area contributed by atoms with E-state index in [2.05, 4.69) is 0 Å². The molecule has 0 fully saturated rings. The molecule has 0 radical (unpaired) electrons. The lowest BCUT2D eigenvalue weighted by Crippen LogP contribution is -2.01. The van der Waals surface area contributed by atoms with E-state index in [0.29, 0.717) is 5.56 Å². The number of sulfone groups is 1. The van der Waals surface area contributed by atoms with Gasteiger partial charge in [-0.15, -0.1) is 0 Å². The second-order valence-corrected chi connectivity index (χ2v) is 4.96. The number of hydrogen-bond acceptors (Lipinski definition) is 4. The summed E-state index contributed by atoms with van der Waals surface area (Å²) in [5.41, 5.74) is 0.300. The molecule has 6 heteroatoms. The molecule has 0 amide bonds. The van der Waals surface area contributed by atoms with E-state index in [1.807, 2.05) is 0 Å². The van der Waals surface area contributed by atoms with Gasteiger partial charge in [-0.25, -0.2) is 8.42 Å². The molecule has 1 rings (SSSR count). The average molecular weight is 215 g/mol. The maximum Gasteiger partial charge on any atom is 0.270 e. The summed E-state index contributed by atoms with van der Waals surface area (Å²) in [5.74, 6) is 0. The average Bonchev–Trinajstić information content (AvgIpc) is 2.02. The minimum atomic E-state index is -3.39. The molecule has 1 aromatic rings. The normalized spacial score (nSPS) is 11.3. The second kappa shape index (κ2) is 3.38. The fourth-order valence-corrected chi connectivity index (χ4v) is 2.09. The number of nitro groups is 1. The van der Waals surface area contributed by atoms with Gasteiger partial charge < -0.3 is 0 Å². The molecule has 76 valence electrons. The van der Waals surface area contributed by atoms with Gasteiger partial charge in [-0.3, -0.25) is 10.1 Å². The molecule has 0 saturated heterocycles. The van der Waals surface area contributed by atoms with Crippen molar-refractivity contribution in [3.05, 3.63) is 33.9 Å². The van der Waals surface area contributed by atoms with Crippen LogP contribution in [0.1, 0.15) is 5.56 Å². The van der Waals surface area contributed by atoms with Gasteiger partial charge in [0.1, 0.15) is 0 Å². The summed E-state index contributed by atoms with van der Waals surface area (Å²) in [6.45, 7) is 1.60. The van der Waals surface area contributed by atoms with Crippen molar-refractivity contribution in [2.75, 3.05) is 6.26 Å². The molecular formula is C8H9NO4S. The monoisotopic (exact) mass is 215 g/mol. The first-order valence-corrected chi connectivity index (χ1v) is 5.66. The number of nitrogens with zero attached hydrogens (tertiary/aromatic N) is 1. The molecule has 0 saturated carbocycles. The summed E-state index contributed by atoms with van der Waals surface area (Å²) in [6.07, 6.45) is 1.03. The molecule has 0 heterocycles. The first-order chi connectivity index (χ1) is 6.32. The van der Waals surface area contributed by atoms with E-state index in [-0.39, 0.29) is 10.6 Å². The third-order valence-electron chi connectivity index (χ3n) is 1.78. The molecule has 14 heavy (non-hydrogen) atoms. The molecular weight excluding hydrogens is 206 g/mol. The molecule has 0 aliphatic rings. The van der Waals surface area contributed by atoms with Crippen LogP contribution in [0.25, 0.3) is 0 Å². The van der Waals surface area contributed by atoms with Crippen molar-refractivity contribution in [3.63, 3.8) is 0 Å². The molecule has 5 nitrogen and oxygen atoms in total. The predicted molar refractivity (Wildman–Crippen MR) is 50.9 cm³/mol. The Morgan fingerprint density at radius 2 is 1.93 bits per heavy atom. The summed E-state index contributed by atoms with van der Waals surface area (Å²) in [6, 6.07) is 3.78. The molecule has 0 bridgehead atoms. The highest BCUT2D eigenvalue weighted by Gasteiger charge is 2.15. The number of nitro benzene ring substituents is 1. The zero-order chi connectivity index (χ0) is 10.9. The fourth-order valence-electron chi connectivity index (χ4n) is 1.10. The van der Waals surface area contributed by atoms with Gasteiger partial charge in [-0.05, 0) is 12.5 Å². The summed E-state index contributed by atoms with van der Waals surface area (Å²) < 4.78 is 22.4. The standard InChI is InChI=1S/C8H9NO4S/c1-6-3-4-7(9(10)11)5-8(6)14(2,12)13/h3-5H,1-2H3. The molecule has 0 aromatic heterocycles. The van der Waals surface area contributed by atoms with Crippen molar-refractivity contribution < 1.29 is 13.3 Å². The zero-order valence-electron chi connectivity index (χ0n) is 7.72. The van der Waals surface area contributed by atoms with Crippen LogP contribution in [0.15, 0.2) is 23.1 Å². The van der Waals surface area contributed by atoms with Crippen molar-refractivity contribution >= 4 is 15.5 Å². The minimum Gasteiger partial charge on any atom is -0.258 e. The molecule has 0 spiro atoms. The van der Waals surface area contributed by atoms with Gasteiger partial charge in [0, 0.05) is 18.4 Å². The van der Waals surface area contributed by atoms with Gasteiger partial charge in [0.15, 0.2) is 9.84 Å². The predicted octanol–water partition coefficient (Wildman–Crippen LogP) is 1.31. The van der Waals surface area contributed by atoms with E-state index < -0.39 is 14.8 Å². The molecule has 0 unspecified atom stereocenters. The van der Waals surface area contributed by atoms with Crippen LogP contribution in [-0.2, 0) is 9.84 Å². The highest BCUT2D eigenvalue weighted by atomic mass is 32.2. The van der Waals surface area contributed by atoms with Crippen LogP contribution in [0.2, 0.25) is 0 Å². The van der Waals surface area contributed by atoms with E-state index in [0.717, 1.165) is 12.3 Å². The number of rotatable bonds is 2. The number of aryl methyl sites for hydroxylation is 1. The fraction of sp³-hybridized carbons (Fsp3) is 0.250. The molecule has 0 aliphatic heterocycles. The van der Waals surface area contributed by atoms with Crippen molar-refractivity contribution in [3.8, 4) is 0 Å². The van der Waals surface area contributed by atoms with Crippen LogP contribution in [0, 0.1) is 17.0 Å². The quantitative estimate of drug-likeness (QED) is 0.550. The summed E-state index contributed by atoms with van der Waals surface area (Å²) >= 11 is 0. The van der Waals surface area contributed by atoms with Gasteiger partial charge in [-0.2, -0.15) is 0 Å². The molecule has 1 aromatic carbocycles. The molecule has 0 N–H and O–H groups in total. The lowest BCUT2D eigenvalue weighted by molar-refractivity contribution is -0.385. The second-order valence-electron chi connectivity index (χ2n) is 2.98.